The van der Waals surface area contributed by atoms with Crippen LogP contribution in [0.5, 0.6) is 0 Å². The van der Waals surface area contributed by atoms with E-state index in [2.05, 4.69) is 27.7 Å². The van der Waals surface area contributed by atoms with Gasteiger partial charge in [-0.3, -0.25) is 0 Å². The molecule has 4 saturated carbocycles. The van der Waals surface area contributed by atoms with E-state index >= 15 is 0 Å². The molecule has 0 saturated heterocycles. The first kappa shape index (κ1) is 19.2. The number of aliphatic hydroxyl groups is 1. The van der Waals surface area contributed by atoms with Gasteiger partial charge in [-0.25, -0.2) is 0 Å². The lowest BCUT2D eigenvalue weighted by Gasteiger charge is -2.61. The second-order valence-corrected chi connectivity index (χ2v) is 10.7. The number of fused-ring (bicyclic) bond motifs is 5. The van der Waals surface area contributed by atoms with Gasteiger partial charge in [-0.1, -0.05) is 13.8 Å². The van der Waals surface area contributed by atoms with Crippen molar-refractivity contribution in [2.45, 2.75) is 103 Å². The number of hydrogen-bond donors (Lipinski definition) is 1. The van der Waals surface area contributed by atoms with Crippen LogP contribution in [0.25, 0.3) is 0 Å². The summed E-state index contributed by atoms with van der Waals surface area (Å²) >= 11 is 0. The molecule has 0 aromatic rings. The molecule has 0 amide bonds. The highest BCUT2D eigenvalue weighted by atomic mass is 16.5. The van der Waals surface area contributed by atoms with Crippen LogP contribution >= 0.6 is 0 Å². The van der Waals surface area contributed by atoms with Gasteiger partial charge in [0.05, 0.1) is 24.4 Å². The number of ether oxygens (including phenoxy) is 2. The molecule has 1 N–H and O–H groups in total. The Hall–Kier alpha value is -0.120. The van der Waals surface area contributed by atoms with Gasteiger partial charge in [0.2, 0.25) is 0 Å². The van der Waals surface area contributed by atoms with Crippen molar-refractivity contribution in [3.05, 3.63) is 0 Å². The van der Waals surface area contributed by atoms with Crippen molar-refractivity contribution >= 4 is 0 Å². The van der Waals surface area contributed by atoms with Crippen LogP contribution < -0.4 is 0 Å². The first-order chi connectivity index (χ1) is 12.3. The molecular weight excluding hydrogens is 324 g/mol. The first-order valence-electron chi connectivity index (χ1n) is 11.2. The highest BCUT2D eigenvalue weighted by Gasteiger charge is 2.61. The second-order valence-electron chi connectivity index (χ2n) is 10.7. The van der Waals surface area contributed by atoms with E-state index in [9.17, 15) is 5.11 Å². The molecule has 0 aromatic carbocycles. The third-order valence-electron chi connectivity index (χ3n) is 9.31. The molecule has 3 heteroatoms. The van der Waals surface area contributed by atoms with Crippen molar-refractivity contribution in [3.8, 4) is 0 Å². The molecule has 4 aliphatic carbocycles. The zero-order chi connectivity index (χ0) is 18.7. The molecule has 0 heterocycles. The van der Waals surface area contributed by atoms with E-state index in [0.717, 1.165) is 30.6 Å². The first-order valence-corrected chi connectivity index (χ1v) is 11.2. The molecule has 4 unspecified atom stereocenters. The smallest absolute Gasteiger partial charge is 0.0842 e. The lowest BCUT2D eigenvalue weighted by Crippen LogP contribution is -2.57. The predicted molar refractivity (Wildman–Crippen MR) is 104 cm³/mol. The fourth-order valence-corrected chi connectivity index (χ4v) is 8.08. The third-order valence-corrected chi connectivity index (χ3v) is 9.31. The van der Waals surface area contributed by atoms with Crippen LogP contribution in [0.3, 0.4) is 0 Å². The van der Waals surface area contributed by atoms with E-state index in [0.29, 0.717) is 22.9 Å². The molecule has 4 rings (SSSR count). The third kappa shape index (κ3) is 2.79. The molecule has 0 aromatic heterocycles. The van der Waals surface area contributed by atoms with Gasteiger partial charge < -0.3 is 14.6 Å². The van der Waals surface area contributed by atoms with Crippen molar-refractivity contribution < 1.29 is 14.6 Å². The van der Waals surface area contributed by atoms with Crippen LogP contribution in [0.2, 0.25) is 0 Å². The van der Waals surface area contributed by atoms with Crippen LogP contribution in [0.4, 0.5) is 0 Å². The fraction of sp³-hybridized carbons (Fsp3) is 1.00. The van der Waals surface area contributed by atoms with Crippen molar-refractivity contribution in [1.29, 1.82) is 0 Å². The summed E-state index contributed by atoms with van der Waals surface area (Å²) in [5, 5.41) is 10.7. The molecule has 0 radical (unpaired) electrons. The Bertz CT molecular complexity index is 520. The fourth-order valence-electron chi connectivity index (χ4n) is 8.08. The zero-order valence-electron chi connectivity index (χ0n) is 17.5. The SMILES string of the molecule is COC1CC[C@H]2[C@@H]3CCC4CC(O)C(OC(C)C)C[C@]4(C)[C@@H]3CC[C@]12C. The standard InChI is InChI=1S/C23H40O3/c1-14(2)26-20-13-23(4)15(12-19(20)24)6-7-16-17-8-9-21(25-5)22(17,3)11-10-18(16)23/h14-21,24H,6-13H2,1-5H3/t15?,16-,17-,18+,19?,20?,21?,22-,23-/m0/s1. The van der Waals surface area contributed by atoms with Gasteiger partial charge in [0.15, 0.2) is 0 Å². The Morgan fingerprint density at radius 3 is 2.38 bits per heavy atom. The molecule has 4 fully saturated rings. The maximum Gasteiger partial charge on any atom is 0.0842 e. The summed E-state index contributed by atoms with van der Waals surface area (Å²) in [5.74, 6) is 3.17. The molecular formula is C23H40O3. The van der Waals surface area contributed by atoms with Gasteiger partial charge in [-0.05, 0) is 99.7 Å². The van der Waals surface area contributed by atoms with Crippen molar-refractivity contribution in [2.24, 2.45) is 34.5 Å². The van der Waals surface area contributed by atoms with E-state index in [1.165, 1.54) is 38.5 Å². The minimum absolute atomic E-state index is 0.0265. The van der Waals surface area contributed by atoms with Gasteiger partial charge in [0.25, 0.3) is 0 Å². The van der Waals surface area contributed by atoms with E-state index in [-0.39, 0.29) is 18.3 Å². The van der Waals surface area contributed by atoms with E-state index < -0.39 is 0 Å². The van der Waals surface area contributed by atoms with Crippen LogP contribution in [-0.2, 0) is 9.47 Å². The number of rotatable bonds is 3. The average Bonchev–Trinajstić information content (AvgIpc) is 2.92. The van der Waals surface area contributed by atoms with Crippen molar-refractivity contribution in [2.75, 3.05) is 7.11 Å². The summed E-state index contributed by atoms with van der Waals surface area (Å²) in [6.07, 6.45) is 10.3. The molecule has 3 nitrogen and oxygen atoms in total. The Kier molecular flexibility index (Phi) is 4.98. The lowest BCUT2D eigenvalue weighted by molar-refractivity contribution is -0.183. The summed E-state index contributed by atoms with van der Waals surface area (Å²) < 4.78 is 12.1. The van der Waals surface area contributed by atoms with Gasteiger partial charge in [0.1, 0.15) is 0 Å². The monoisotopic (exact) mass is 364 g/mol. The largest absolute Gasteiger partial charge is 0.390 e. The van der Waals surface area contributed by atoms with Gasteiger partial charge in [-0.2, -0.15) is 0 Å². The number of hydrogen-bond acceptors (Lipinski definition) is 3. The van der Waals surface area contributed by atoms with Crippen molar-refractivity contribution in [3.63, 3.8) is 0 Å². The zero-order valence-corrected chi connectivity index (χ0v) is 17.5. The van der Waals surface area contributed by atoms with Crippen LogP contribution in [0.1, 0.15) is 79.1 Å². The quantitative estimate of drug-likeness (QED) is 0.781. The van der Waals surface area contributed by atoms with Crippen molar-refractivity contribution in [1.82, 2.24) is 0 Å². The Morgan fingerprint density at radius 1 is 0.962 bits per heavy atom. The van der Waals surface area contributed by atoms with Gasteiger partial charge >= 0.3 is 0 Å². The summed E-state index contributed by atoms with van der Waals surface area (Å²) in [5.41, 5.74) is 0.731. The summed E-state index contributed by atoms with van der Waals surface area (Å²) in [6.45, 7) is 9.25. The molecule has 0 spiro atoms. The molecule has 150 valence electrons. The maximum absolute atomic E-state index is 10.7. The van der Waals surface area contributed by atoms with Crippen LogP contribution in [0, 0.1) is 34.5 Å². The van der Waals surface area contributed by atoms with Gasteiger partial charge in [0, 0.05) is 7.11 Å². The summed E-state index contributed by atoms with van der Waals surface area (Å²) in [4.78, 5) is 0. The lowest BCUT2D eigenvalue weighted by atomic mass is 9.45. The molecule has 9 atom stereocenters. The molecule has 0 aliphatic heterocycles. The van der Waals surface area contributed by atoms with Gasteiger partial charge in [-0.15, -0.1) is 0 Å². The highest BCUT2D eigenvalue weighted by Crippen LogP contribution is 2.66. The average molecular weight is 365 g/mol. The predicted octanol–water partition coefficient (Wildman–Crippen LogP) is 4.81. The molecule has 4 aliphatic rings. The maximum atomic E-state index is 10.7. The van der Waals surface area contributed by atoms with E-state index in [4.69, 9.17) is 9.47 Å². The minimum atomic E-state index is -0.273. The number of methoxy groups -OCH3 is 1. The topological polar surface area (TPSA) is 38.7 Å². The van der Waals surface area contributed by atoms with Crippen LogP contribution in [-0.4, -0.2) is 36.6 Å². The second kappa shape index (κ2) is 6.74. The van der Waals surface area contributed by atoms with E-state index in [1.54, 1.807) is 0 Å². The normalized spacial score (nSPS) is 53.9. The number of aliphatic hydroxyl groups excluding tert-OH is 1. The van der Waals surface area contributed by atoms with E-state index in [1.807, 2.05) is 7.11 Å². The Morgan fingerprint density at radius 2 is 1.69 bits per heavy atom. The molecule has 26 heavy (non-hydrogen) atoms. The summed E-state index contributed by atoms with van der Waals surface area (Å²) in [6, 6.07) is 0. The van der Waals surface area contributed by atoms with Crippen LogP contribution in [0.15, 0.2) is 0 Å². The minimum Gasteiger partial charge on any atom is -0.390 e. The Balaban J connectivity index is 1.58. The highest BCUT2D eigenvalue weighted by molar-refractivity contribution is 5.10. The Labute approximate surface area is 160 Å². The summed E-state index contributed by atoms with van der Waals surface area (Å²) in [7, 11) is 1.92. The molecule has 0 bridgehead atoms.